The molecule has 0 spiro atoms. The standard InChI is InChI=1S/C23H29BrN4O3/c1-27-22-17(9-7-10-18(22)28-11-6-5-8-16(28)14-29-2)25-23(27)26-21-19(30-3)12-15(24)13-20(21)31-4/h7,9-10,12-13,16H,5-6,8,11,14H2,1-4H3,(H,25,26). The minimum absolute atomic E-state index is 0.377. The number of ether oxygens (including phenoxy) is 3. The van der Waals surface area contributed by atoms with Crippen LogP contribution in [0.5, 0.6) is 11.5 Å². The second kappa shape index (κ2) is 9.36. The molecule has 0 amide bonds. The van der Waals surface area contributed by atoms with Crippen LogP contribution in [-0.4, -0.2) is 50.1 Å². The van der Waals surface area contributed by atoms with Crippen molar-refractivity contribution >= 4 is 44.3 Å². The van der Waals surface area contributed by atoms with Crippen molar-refractivity contribution in [2.75, 3.05) is 44.7 Å². The van der Waals surface area contributed by atoms with Crippen LogP contribution in [0.2, 0.25) is 0 Å². The summed E-state index contributed by atoms with van der Waals surface area (Å²) >= 11 is 3.50. The molecular weight excluding hydrogens is 460 g/mol. The van der Waals surface area contributed by atoms with Crippen molar-refractivity contribution in [2.45, 2.75) is 25.3 Å². The van der Waals surface area contributed by atoms with E-state index in [1.165, 1.54) is 18.5 Å². The Kier molecular flexibility index (Phi) is 6.57. The molecule has 2 aromatic carbocycles. The van der Waals surface area contributed by atoms with E-state index in [0.29, 0.717) is 17.5 Å². The zero-order valence-electron chi connectivity index (χ0n) is 18.4. The van der Waals surface area contributed by atoms with E-state index in [0.717, 1.165) is 46.7 Å². The first-order valence-corrected chi connectivity index (χ1v) is 11.3. The summed E-state index contributed by atoms with van der Waals surface area (Å²) in [5.74, 6) is 2.08. The number of methoxy groups -OCH3 is 3. The number of hydrogen-bond donors (Lipinski definition) is 1. The lowest BCUT2D eigenvalue weighted by molar-refractivity contribution is 0.166. The molecule has 0 aliphatic carbocycles. The predicted octanol–water partition coefficient (Wildman–Crippen LogP) is 5.10. The Labute approximate surface area is 191 Å². The van der Waals surface area contributed by atoms with Crippen LogP contribution >= 0.6 is 15.9 Å². The first kappa shape index (κ1) is 21.8. The summed E-state index contributed by atoms with van der Waals surface area (Å²) in [6, 6.07) is 10.5. The second-order valence-electron chi connectivity index (χ2n) is 7.75. The lowest BCUT2D eigenvalue weighted by Crippen LogP contribution is -2.42. The lowest BCUT2D eigenvalue weighted by atomic mass is 10.0. The molecule has 2 heterocycles. The Balaban J connectivity index is 1.77. The second-order valence-corrected chi connectivity index (χ2v) is 8.66. The topological polar surface area (TPSA) is 60.8 Å². The summed E-state index contributed by atoms with van der Waals surface area (Å²) in [5.41, 5.74) is 3.97. The number of aromatic nitrogens is 2. The molecule has 1 atom stereocenters. The molecule has 1 saturated heterocycles. The van der Waals surface area contributed by atoms with Gasteiger partial charge in [0.15, 0.2) is 0 Å². The van der Waals surface area contributed by atoms with Gasteiger partial charge >= 0.3 is 0 Å². The third-order valence-electron chi connectivity index (χ3n) is 5.88. The van der Waals surface area contributed by atoms with E-state index >= 15 is 0 Å². The van der Waals surface area contributed by atoms with Crippen LogP contribution in [0.4, 0.5) is 17.3 Å². The molecule has 166 valence electrons. The van der Waals surface area contributed by atoms with Crippen LogP contribution in [0.15, 0.2) is 34.8 Å². The highest BCUT2D eigenvalue weighted by Gasteiger charge is 2.26. The summed E-state index contributed by atoms with van der Waals surface area (Å²) in [5, 5.41) is 3.43. The number of anilines is 3. The van der Waals surface area contributed by atoms with E-state index in [1.807, 2.05) is 19.2 Å². The Morgan fingerprint density at radius 3 is 2.55 bits per heavy atom. The number of halogens is 1. The van der Waals surface area contributed by atoms with Crippen molar-refractivity contribution in [1.29, 1.82) is 0 Å². The Morgan fingerprint density at radius 2 is 1.87 bits per heavy atom. The summed E-state index contributed by atoms with van der Waals surface area (Å²) < 4.78 is 19.7. The van der Waals surface area contributed by atoms with Gasteiger partial charge in [0.1, 0.15) is 17.2 Å². The number of fused-ring (bicyclic) bond motifs is 1. The maximum atomic E-state index is 5.58. The average Bonchev–Trinajstić information content (AvgIpc) is 3.10. The minimum atomic E-state index is 0.377. The van der Waals surface area contributed by atoms with Gasteiger partial charge < -0.3 is 29.0 Å². The van der Waals surface area contributed by atoms with E-state index in [9.17, 15) is 0 Å². The maximum absolute atomic E-state index is 5.58. The highest BCUT2D eigenvalue weighted by atomic mass is 79.9. The zero-order chi connectivity index (χ0) is 22.0. The molecule has 3 aromatic rings. The van der Waals surface area contributed by atoms with Gasteiger partial charge in [-0.15, -0.1) is 0 Å². The molecule has 0 radical (unpaired) electrons. The molecule has 1 aliphatic heterocycles. The van der Waals surface area contributed by atoms with E-state index in [4.69, 9.17) is 19.2 Å². The van der Waals surface area contributed by atoms with Crippen molar-refractivity contribution in [3.63, 3.8) is 0 Å². The fourth-order valence-corrected chi connectivity index (χ4v) is 4.81. The lowest BCUT2D eigenvalue weighted by Gasteiger charge is -2.37. The first-order valence-electron chi connectivity index (χ1n) is 10.5. The van der Waals surface area contributed by atoms with Crippen LogP contribution in [0.3, 0.4) is 0 Å². The molecule has 1 aliphatic rings. The Morgan fingerprint density at radius 1 is 1.13 bits per heavy atom. The van der Waals surface area contributed by atoms with Crippen LogP contribution in [0.1, 0.15) is 19.3 Å². The van der Waals surface area contributed by atoms with Crippen molar-refractivity contribution in [3.05, 3.63) is 34.8 Å². The molecule has 1 N–H and O–H groups in total. The quantitative estimate of drug-likeness (QED) is 0.498. The summed E-state index contributed by atoms with van der Waals surface area (Å²) in [6.07, 6.45) is 3.56. The number of benzene rings is 2. The zero-order valence-corrected chi connectivity index (χ0v) is 20.0. The van der Waals surface area contributed by atoms with Gasteiger partial charge in [-0.2, -0.15) is 0 Å². The van der Waals surface area contributed by atoms with Gasteiger partial charge in [0, 0.05) is 25.2 Å². The van der Waals surface area contributed by atoms with Gasteiger partial charge in [-0.25, -0.2) is 4.98 Å². The molecule has 7 nitrogen and oxygen atoms in total. The number of nitrogens with one attached hydrogen (secondary N) is 1. The Bertz CT molecular complexity index is 1040. The minimum Gasteiger partial charge on any atom is -0.494 e. The van der Waals surface area contributed by atoms with Crippen molar-refractivity contribution in [2.24, 2.45) is 7.05 Å². The number of rotatable bonds is 7. The first-order chi connectivity index (χ1) is 15.1. The predicted molar refractivity (Wildman–Crippen MR) is 128 cm³/mol. The number of para-hydroxylation sites is 1. The van der Waals surface area contributed by atoms with Crippen LogP contribution in [0.25, 0.3) is 11.0 Å². The number of piperidine rings is 1. The van der Waals surface area contributed by atoms with Crippen LogP contribution < -0.4 is 19.7 Å². The highest BCUT2D eigenvalue weighted by molar-refractivity contribution is 9.10. The number of aryl methyl sites for hydroxylation is 1. The van der Waals surface area contributed by atoms with Crippen molar-refractivity contribution in [1.82, 2.24) is 9.55 Å². The molecule has 0 bridgehead atoms. The number of imidazole rings is 1. The fraction of sp³-hybridized carbons (Fsp3) is 0.435. The molecule has 4 rings (SSSR count). The van der Waals surface area contributed by atoms with E-state index < -0.39 is 0 Å². The number of hydrogen-bond acceptors (Lipinski definition) is 6. The molecule has 1 aromatic heterocycles. The SMILES string of the molecule is COCC1CCCCN1c1cccc2nc(Nc3c(OC)cc(Br)cc3OC)n(C)c12. The van der Waals surface area contributed by atoms with Gasteiger partial charge in [-0.1, -0.05) is 22.0 Å². The van der Waals surface area contributed by atoms with E-state index in [1.54, 1.807) is 21.3 Å². The Hall–Kier alpha value is -2.45. The third-order valence-corrected chi connectivity index (χ3v) is 6.33. The molecule has 1 unspecified atom stereocenters. The highest BCUT2D eigenvalue weighted by Crippen LogP contribution is 2.40. The smallest absolute Gasteiger partial charge is 0.208 e. The van der Waals surface area contributed by atoms with Gasteiger partial charge in [0.25, 0.3) is 0 Å². The van der Waals surface area contributed by atoms with Crippen molar-refractivity contribution < 1.29 is 14.2 Å². The maximum Gasteiger partial charge on any atom is 0.208 e. The van der Waals surface area contributed by atoms with Crippen LogP contribution in [0, 0.1) is 0 Å². The molecule has 0 saturated carbocycles. The molecule has 8 heteroatoms. The van der Waals surface area contributed by atoms with Gasteiger partial charge in [-0.05, 0) is 43.5 Å². The molecule has 1 fully saturated rings. The number of nitrogens with zero attached hydrogens (tertiary/aromatic N) is 3. The molecule has 31 heavy (non-hydrogen) atoms. The van der Waals surface area contributed by atoms with Crippen molar-refractivity contribution in [3.8, 4) is 11.5 Å². The third kappa shape index (κ3) is 4.19. The fourth-order valence-electron chi connectivity index (χ4n) is 4.39. The van der Waals surface area contributed by atoms with Gasteiger partial charge in [0.2, 0.25) is 5.95 Å². The normalized spacial score (nSPS) is 16.5. The summed E-state index contributed by atoms with van der Waals surface area (Å²) in [7, 11) is 7.10. The monoisotopic (exact) mass is 488 g/mol. The summed E-state index contributed by atoms with van der Waals surface area (Å²) in [6.45, 7) is 1.75. The summed E-state index contributed by atoms with van der Waals surface area (Å²) in [4.78, 5) is 7.35. The van der Waals surface area contributed by atoms with Gasteiger partial charge in [-0.3, -0.25) is 0 Å². The van der Waals surface area contributed by atoms with E-state index in [2.05, 4.69) is 48.9 Å². The van der Waals surface area contributed by atoms with Gasteiger partial charge in [0.05, 0.1) is 43.6 Å². The van der Waals surface area contributed by atoms with E-state index in [-0.39, 0.29) is 0 Å². The largest absolute Gasteiger partial charge is 0.494 e. The van der Waals surface area contributed by atoms with Crippen LogP contribution in [-0.2, 0) is 11.8 Å². The average molecular weight is 489 g/mol. The molecular formula is C23H29BrN4O3.